The zero-order valence-corrected chi connectivity index (χ0v) is 13.2. The Labute approximate surface area is 137 Å². The second kappa shape index (κ2) is 7.53. The Kier molecular flexibility index (Phi) is 5.66. The number of aryl methyl sites for hydroxylation is 2. The number of aliphatic hydroxyl groups is 1. The van der Waals surface area contributed by atoms with Crippen LogP contribution in [0.4, 0.5) is 13.2 Å². The van der Waals surface area contributed by atoms with E-state index in [0.29, 0.717) is 17.7 Å². The van der Waals surface area contributed by atoms with Crippen LogP contribution >= 0.6 is 0 Å². The molecular weight excluding hydrogens is 321 g/mol. The summed E-state index contributed by atoms with van der Waals surface area (Å²) in [5, 5.41) is 12.6. The predicted molar refractivity (Wildman–Crippen MR) is 83.1 cm³/mol. The fraction of sp³-hybridized carbons (Fsp3) is 0.353. The van der Waals surface area contributed by atoms with E-state index in [2.05, 4.69) is 5.32 Å². The number of benzene rings is 1. The van der Waals surface area contributed by atoms with Crippen molar-refractivity contribution < 1.29 is 23.1 Å². The molecule has 0 bridgehead atoms. The molecule has 1 aromatic heterocycles. The molecule has 0 spiro atoms. The van der Waals surface area contributed by atoms with Crippen LogP contribution in [0.25, 0.3) is 0 Å². The third kappa shape index (κ3) is 4.86. The zero-order valence-electron chi connectivity index (χ0n) is 13.2. The number of carbonyl (C=O) groups excluding carboxylic acids is 1. The first-order valence-electron chi connectivity index (χ1n) is 7.49. The number of hydrogen-bond donors (Lipinski definition) is 2. The van der Waals surface area contributed by atoms with Crippen molar-refractivity contribution in [3.05, 3.63) is 59.4 Å². The van der Waals surface area contributed by atoms with E-state index in [1.54, 1.807) is 29.9 Å². The Morgan fingerprint density at radius 1 is 1.25 bits per heavy atom. The molecule has 1 heterocycles. The number of aromatic nitrogens is 1. The van der Waals surface area contributed by atoms with E-state index in [1.807, 2.05) is 0 Å². The van der Waals surface area contributed by atoms with Crippen molar-refractivity contribution in [3.8, 4) is 0 Å². The largest absolute Gasteiger partial charge is 0.416 e. The van der Waals surface area contributed by atoms with Crippen LogP contribution in [-0.4, -0.2) is 22.1 Å². The van der Waals surface area contributed by atoms with Crippen molar-refractivity contribution in [2.75, 3.05) is 6.54 Å². The number of amides is 1. The molecule has 0 saturated heterocycles. The highest BCUT2D eigenvalue weighted by Crippen LogP contribution is 2.29. The topological polar surface area (TPSA) is 54.3 Å². The summed E-state index contributed by atoms with van der Waals surface area (Å²) in [4.78, 5) is 11.8. The van der Waals surface area contributed by atoms with Gasteiger partial charge in [-0.25, -0.2) is 0 Å². The van der Waals surface area contributed by atoms with Crippen molar-refractivity contribution in [1.29, 1.82) is 0 Å². The highest BCUT2D eigenvalue weighted by molar-refractivity contribution is 5.76. The molecule has 1 atom stereocenters. The van der Waals surface area contributed by atoms with Gasteiger partial charge in [-0.3, -0.25) is 4.79 Å². The average Bonchev–Trinajstić information content (AvgIpc) is 2.96. The second-order valence-corrected chi connectivity index (χ2v) is 5.56. The van der Waals surface area contributed by atoms with Crippen LogP contribution in [0.2, 0.25) is 0 Å². The fourth-order valence-corrected chi connectivity index (χ4v) is 2.34. The minimum absolute atomic E-state index is 0.0870. The molecule has 0 saturated carbocycles. The molecule has 0 aliphatic heterocycles. The summed E-state index contributed by atoms with van der Waals surface area (Å²) < 4.78 is 39.2. The molecule has 2 rings (SSSR count). The Balaban J connectivity index is 1.78. The molecule has 0 fully saturated rings. The van der Waals surface area contributed by atoms with Gasteiger partial charge < -0.3 is 15.0 Å². The highest BCUT2D eigenvalue weighted by Gasteiger charge is 2.29. The summed E-state index contributed by atoms with van der Waals surface area (Å²) in [7, 11) is 1.80. The summed E-state index contributed by atoms with van der Waals surface area (Å²) in [5.41, 5.74) is 0.639. The summed E-state index contributed by atoms with van der Waals surface area (Å²) in [5.74, 6) is -0.261. The first-order valence-corrected chi connectivity index (χ1v) is 7.49. The van der Waals surface area contributed by atoms with Gasteiger partial charge in [0.1, 0.15) is 6.10 Å². The molecular formula is C17H19F3N2O2. The van der Waals surface area contributed by atoms with E-state index in [9.17, 15) is 23.1 Å². The van der Waals surface area contributed by atoms with Crippen molar-refractivity contribution in [3.63, 3.8) is 0 Å². The molecule has 1 aromatic carbocycles. The monoisotopic (exact) mass is 340 g/mol. The van der Waals surface area contributed by atoms with Crippen LogP contribution in [-0.2, 0) is 24.4 Å². The van der Waals surface area contributed by atoms with Gasteiger partial charge in [-0.2, -0.15) is 13.2 Å². The number of nitrogens with zero attached hydrogens (tertiary/aromatic N) is 1. The number of aliphatic hydroxyl groups excluding tert-OH is 1. The summed E-state index contributed by atoms with van der Waals surface area (Å²) in [6.45, 7) is 0.0870. The average molecular weight is 340 g/mol. The minimum atomic E-state index is -4.36. The number of halogens is 3. The molecule has 130 valence electrons. The first-order chi connectivity index (χ1) is 11.3. The normalized spacial score (nSPS) is 12.9. The molecule has 0 aliphatic carbocycles. The van der Waals surface area contributed by atoms with Gasteiger partial charge in [-0.1, -0.05) is 12.1 Å². The molecule has 7 heteroatoms. The van der Waals surface area contributed by atoms with E-state index in [-0.39, 0.29) is 18.9 Å². The molecule has 1 amide bonds. The van der Waals surface area contributed by atoms with Gasteiger partial charge in [0.25, 0.3) is 0 Å². The number of hydrogen-bond acceptors (Lipinski definition) is 2. The lowest BCUT2D eigenvalue weighted by Crippen LogP contribution is -2.29. The molecule has 2 aromatic rings. The van der Waals surface area contributed by atoms with E-state index < -0.39 is 17.8 Å². The summed E-state index contributed by atoms with van der Waals surface area (Å²) in [6, 6.07) is 8.31. The van der Waals surface area contributed by atoms with Crippen LogP contribution in [0.3, 0.4) is 0 Å². The van der Waals surface area contributed by atoms with Crippen LogP contribution in [0, 0.1) is 0 Å². The standard InChI is InChI=1S/C17H19F3N2O2/c1-22-10-2-3-14(22)15(23)11-21-16(24)9-6-12-4-7-13(8-5-12)17(18,19)20/h2-5,7-8,10,15,23H,6,9,11H2,1H3,(H,21,24)/t15-/m1/s1. The molecule has 0 aliphatic rings. The molecule has 2 N–H and O–H groups in total. The van der Waals surface area contributed by atoms with Gasteiger partial charge in [0.2, 0.25) is 5.91 Å². The molecule has 24 heavy (non-hydrogen) atoms. The van der Waals surface area contributed by atoms with Gasteiger partial charge in [-0.15, -0.1) is 0 Å². The SMILES string of the molecule is Cn1cccc1[C@H](O)CNC(=O)CCc1ccc(C(F)(F)F)cc1. The second-order valence-electron chi connectivity index (χ2n) is 5.56. The van der Waals surface area contributed by atoms with E-state index in [4.69, 9.17) is 0 Å². The zero-order chi connectivity index (χ0) is 17.7. The molecule has 0 radical (unpaired) electrons. The lowest BCUT2D eigenvalue weighted by molar-refractivity contribution is -0.137. The number of rotatable bonds is 6. The summed E-state index contributed by atoms with van der Waals surface area (Å²) in [6.07, 6.45) is -2.89. The van der Waals surface area contributed by atoms with Gasteiger partial charge in [0.15, 0.2) is 0 Å². The van der Waals surface area contributed by atoms with E-state index in [0.717, 1.165) is 12.1 Å². The quantitative estimate of drug-likeness (QED) is 0.850. The maximum Gasteiger partial charge on any atom is 0.416 e. The van der Waals surface area contributed by atoms with Gasteiger partial charge in [-0.05, 0) is 36.2 Å². The van der Waals surface area contributed by atoms with Crippen molar-refractivity contribution in [2.24, 2.45) is 7.05 Å². The van der Waals surface area contributed by atoms with Gasteiger partial charge in [0.05, 0.1) is 5.56 Å². The maximum atomic E-state index is 12.5. The molecule has 0 unspecified atom stereocenters. The summed E-state index contributed by atoms with van der Waals surface area (Å²) >= 11 is 0. The molecule has 4 nitrogen and oxygen atoms in total. The Morgan fingerprint density at radius 3 is 2.46 bits per heavy atom. The lowest BCUT2D eigenvalue weighted by atomic mass is 10.1. The predicted octanol–water partition coefficient (Wildman–Crippen LogP) is 2.83. The lowest BCUT2D eigenvalue weighted by Gasteiger charge is -2.13. The van der Waals surface area contributed by atoms with Crippen LogP contribution in [0.5, 0.6) is 0 Å². The third-order valence-electron chi connectivity index (χ3n) is 3.74. The number of nitrogens with one attached hydrogen (secondary N) is 1. The van der Waals surface area contributed by atoms with Gasteiger partial charge >= 0.3 is 6.18 Å². The maximum absolute atomic E-state index is 12.5. The van der Waals surface area contributed by atoms with Crippen LogP contribution in [0.1, 0.15) is 29.3 Å². The number of carbonyl (C=O) groups is 1. The fourth-order valence-electron chi connectivity index (χ4n) is 2.34. The van der Waals surface area contributed by atoms with Crippen molar-refractivity contribution in [1.82, 2.24) is 9.88 Å². The Morgan fingerprint density at radius 2 is 1.92 bits per heavy atom. The highest BCUT2D eigenvalue weighted by atomic mass is 19.4. The van der Waals surface area contributed by atoms with Crippen LogP contribution in [0.15, 0.2) is 42.6 Å². The minimum Gasteiger partial charge on any atom is -0.385 e. The Hall–Kier alpha value is -2.28. The third-order valence-corrected chi connectivity index (χ3v) is 3.74. The van der Waals surface area contributed by atoms with Crippen molar-refractivity contribution in [2.45, 2.75) is 25.1 Å². The van der Waals surface area contributed by atoms with E-state index >= 15 is 0 Å². The van der Waals surface area contributed by atoms with Crippen molar-refractivity contribution >= 4 is 5.91 Å². The van der Waals surface area contributed by atoms with E-state index in [1.165, 1.54) is 12.1 Å². The van der Waals surface area contributed by atoms with Gasteiger partial charge in [0, 0.05) is 31.9 Å². The first kappa shape index (κ1) is 18.1. The Bertz CT molecular complexity index is 678. The smallest absolute Gasteiger partial charge is 0.385 e. The van der Waals surface area contributed by atoms with Crippen LogP contribution < -0.4 is 5.32 Å². The number of alkyl halides is 3.